The van der Waals surface area contributed by atoms with Crippen molar-refractivity contribution in [3.63, 3.8) is 0 Å². The van der Waals surface area contributed by atoms with E-state index in [4.69, 9.17) is 26.8 Å². The molecule has 0 amide bonds. The first-order valence-electron chi connectivity index (χ1n) is 9.24. The Kier molecular flexibility index (Phi) is 5.57. The van der Waals surface area contributed by atoms with Gasteiger partial charge in [0.2, 0.25) is 5.88 Å². The van der Waals surface area contributed by atoms with E-state index in [1.54, 1.807) is 29.2 Å². The number of ether oxygens (including phenoxy) is 2. The third-order valence-electron chi connectivity index (χ3n) is 4.84. The van der Waals surface area contributed by atoms with Gasteiger partial charge in [0.15, 0.2) is 5.82 Å². The van der Waals surface area contributed by atoms with Crippen LogP contribution in [0.1, 0.15) is 30.0 Å². The van der Waals surface area contributed by atoms with E-state index in [2.05, 4.69) is 15.1 Å². The van der Waals surface area contributed by atoms with Crippen molar-refractivity contribution in [2.24, 2.45) is 12.8 Å². The highest BCUT2D eigenvalue weighted by Crippen LogP contribution is 2.35. The Morgan fingerprint density at radius 3 is 2.68 bits per heavy atom. The maximum Gasteiger partial charge on any atom is 0.217 e. The summed E-state index contributed by atoms with van der Waals surface area (Å²) in [7, 11) is 1.87. The lowest BCUT2D eigenvalue weighted by atomic mass is 9.97. The van der Waals surface area contributed by atoms with Gasteiger partial charge in [-0.25, -0.2) is 14.6 Å². The average molecular weight is 400 g/mol. The van der Waals surface area contributed by atoms with Gasteiger partial charge in [0.05, 0.1) is 11.3 Å². The largest absolute Gasteiger partial charge is 0.438 e. The van der Waals surface area contributed by atoms with E-state index in [1.807, 2.05) is 19.2 Å². The first-order valence-corrected chi connectivity index (χ1v) is 9.62. The molecule has 1 saturated heterocycles. The molecule has 1 fully saturated rings. The summed E-state index contributed by atoms with van der Waals surface area (Å²) in [6, 6.07) is 7.39. The highest BCUT2D eigenvalue weighted by molar-refractivity contribution is 6.30. The van der Waals surface area contributed by atoms with Gasteiger partial charge in [0.25, 0.3) is 0 Å². The molecule has 3 aromatic rings. The predicted octanol–water partition coefficient (Wildman–Crippen LogP) is 3.68. The van der Waals surface area contributed by atoms with Crippen molar-refractivity contribution in [3.05, 3.63) is 52.9 Å². The molecule has 0 atom stereocenters. The Labute approximate surface area is 168 Å². The molecule has 0 radical (unpaired) electrons. The number of halogens is 1. The van der Waals surface area contributed by atoms with Crippen LogP contribution < -0.4 is 10.5 Å². The van der Waals surface area contributed by atoms with Gasteiger partial charge in [-0.1, -0.05) is 11.6 Å². The van der Waals surface area contributed by atoms with Crippen molar-refractivity contribution in [1.29, 1.82) is 0 Å². The molecule has 28 heavy (non-hydrogen) atoms. The summed E-state index contributed by atoms with van der Waals surface area (Å²) in [5.74, 6) is 2.16. The number of nitrogens with zero attached hydrogens (tertiary/aromatic N) is 4. The van der Waals surface area contributed by atoms with Crippen LogP contribution in [-0.2, 0) is 18.3 Å². The van der Waals surface area contributed by atoms with Crippen molar-refractivity contribution >= 4 is 11.6 Å². The zero-order valence-corrected chi connectivity index (χ0v) is 16.4. The molecule has 146 valence electrons. The number of hydrogen-bond acceptors (Lipinski definition) is 6. The molecule has 0 spiro atoms. The van der Waals surface area contributed by atoms with Gasteiger partial charge in [-0.2, -0.15) is 5.10 Å². The number of benzene rings is 1. The second kappa shape index (κ2) is 8.26. The minimum absolute atomic E-state index is 0.392. The minimum atomic E-state index is 0.392. The standard InChI is InChI=1S/C20H22ClN5O2/c1-26-19(9-17(25-26)14-4-6-27-7-5-14)28-18-8-15(21)2-3-16(18)20-23-11-13(10-22)12-24-20/h2-3,8-9,11-12,14H,4-7,10,22H2,1H3. The van der Waals surface area contributed by atoms with Crippen LogP contribution in [0.15, 0.2) is 36.7 Å². The Balaban J connectivity index is 1.64. The van der Waals surface area contributed by atoms with Gasteiger partial charge in [0.1, 0.15) is 5.75 Å². The molecule has 8 heteroatoms. The van der Waals surface area contributed by atoms with Crippen LogP contribution in [-0.4, -0.2) is 33.0 Å². The van der Waals surface area contributed by atoms with Gasteiger partial charge in [-0.05, 0) is 25.0 Å². The molecule has 7 nitrogen and oxygen atoms in total. The molecule has 1 aliphatic heterocycles. The number of nitrogens with two attached hydrogens (primary N) is 1. The van der Waals surface area contributed by atoms with Crippen LogP contribution in [0.4, 0.5) is 0 Å². The van der Waals surface area contributed by atoms with Crippen molar-refractivity contribution in [1.82, 2.24) is 19.7 Å². The molecule has 2 aromatic heterocycles. The third-order valence-corrected chi connectivity index (χ3v) is 5.07. The molecule has 0 aliphatic carbocycles. The van der Waals surface area contributed by atoms with E-state index in [0.29, 0.717) is 34.9 Å². The first-order chi connectivity index (χ1) is 13.6. The number of aryl methyl sites for hydroxylation is 1. The van der Waals surface area contributed by atoms with Crippen LogP contribution in [0, 0.1) is 0 Å². The summed E-state index contributed by atoms with van der Waals surface area (Å²) in [5, 5.41) is 5.21. The second-order valence-corrected chi connectivity index (χ2v) is 7.22. The highest BCUT2D eigenvalue weighted by Gasteiger charge is 2.21. The molecule has 0 unspecified atom stereocenters. The van der Waals surface area contributed by atoms with Crippen LogP contribution in [0.2, 0.25) is 5.02 Å². The van der Waals surface area contributed by atoms with Crippen molar-refractivity contribution < 1.29 is 9.47 Å². The second-order valence-electron chi connectivity index (χ2n) is 6.78. The van der Waals surface area contributed by atoms with E-state index < -0.39 is 0 Å². The zero-order chi connectivity index (χ0) is 19.5. The first kappa shape index (κ1) is 18.9. The van der Waals surface area contributed by atoms with Gasteiger partial charge >= 0.3 is 0 Å². The Hall–Kier alpha value is -2.48. The molecular formula is C20H22ClN5O2. The fourth-order valence-corrected chi connectivity index (χ4v) is 3.40. The smallest absolute Gasteiger partial charge is 0.217 e. The fourth-order valence-electron chi connectivity index (χ4n) is 3.24. The van der Waals surface area contributed by atoms with Crippen LogP contribution in [0.25, 0.3) is 11.4 Å². The lowest BCUT2D eigenvalue weighted by molar-refractivity contribution is 0.0844. The van der Waals surface area contributed by atoms with E-state index in [-0.39, 0.29) is 0 Å². The summed E-state index contributed by atoms with van der Waals surface area (Å²) in [6.07, 6.45) is 5.38. The van der Waals surface area contributed by atoms with Gasteiger partial charge < -0.3 is 15.2 Å². The van der Waals surface area contributed by atoms with E-state index >= 15 is 0 Å². The summed E-state index contributed by atoms with van der Waals surface area (Å²) >= 11 is 6.21. The van der Waals surface area contributed by atoms with Crippen LogP contribution >= 0.6 is 11.6 Å². The summed E-state index contributed by atoms with van der Waals surface area (Å²) in [4.78, 5) is 8.80. The molecule has 0 bridgehead atoms. The van der Waals surface area contributed by atoms with Crippen molar-refractivity contribution in [2.75, 3.05) is 13.2 Å². The lowest BCUT2D eigenvalue weighted by Crippen LogP contribution is -2.14. The van der Waals surface area contributed by atoms with Gasteiger partial charge in [-0.15, -0.1) is 0 Å². The van der Waals surface area contributed by atoms with E-state index in [9.17, 15) is 0 Å². The Morgan fingerprint density at radius 1 is 1.21 bits per heavy atom. The van der Waals surface area contributed by atoms with Gasteiger partial charge in [0, 0.05) is 67.8 Å². The zero-order valence-electron chi connectivity index (χ0n) is 15.6. The molecule has 4 rings (SSSR count). The number of rotatable bonds is 5. The molecule has 3 heterocycles. The molecule has 2 N–H and O–H groups in total. The summed E-state index contributed by atoms with van der Waals surface area (Å²) in [5.41, 5.74) is 8.27. The van der Waals surface area contributed by atoms with Gasteiger partial charge in [-0.3, -0.25) is 0 Å². The Morgan fingerprint density at radius 2 is 1.96 bits per heavy atom. The molecule has 0 saturated carbocycles. The maximum atomic E-state index is 6.21. The summed E-state index contributed by atoms with van der Waals surface area (Å²) < 4.78 is 13.4. The third kappa shape index (κ3) is 4.01. The molecular weight excluding hydrogens is 378 g/mol. The SMILES string of the molecule is Cn1nc(C2CCOCC2)cc1Oc1cc(Cl)ccc1-c1ncc(CN)cn1. The Bertz CT molecular complexity index is 952. The number of aromatic nitrogens is 4. The highest BCUT2D eigenvalue weighted by atomic mass is 35.5. The average Bonchev–Trinajstić information content (AvgIpc) is 3.09. The predicted molar refractivity (Wildman–Crippen MR) is 106 cm³/mol. The van der Waals surface area contributed by atoms with E-state index in [0.717, 1.165) is 42.9 Å². The fraction of sp³-hybridized carbons (Fsp3) is 0.350. The quantitative estimate of drug-likeness (QED) is 0.704. The lowest BCUT2D eigenvalue weighted by Gasteiger charge is -2.19. The normalized spacial score (nSPS) is 15.0. The van der Waals surface area contributed by atoms with Crippen molar-refractivity contribution in [3.8, 4) is 23.0 Å². The van der Waals surface area contributed by atoms with Crippen LogP contribution in [0.3, 0.4) is 0 Å². The van der Waals surface area contributed by atoms with Crippen molar-refractivity contribution in [2.45, 2.75) is 25.3 Å². The maximum absolute atomic E-state index is 6.21. The van der Waals surface area contributed by atoms with Crippen LogP contribution in [0.5, 0.6) is 11.6 Å². The summed E-state index contributed by atoms with van der Waals surface area (Å²) in [6.45, 7) is 1.94. The topological polar surface area (TPSA) is 88.1 Å². The molecule has 1 aliphatic rings. The van der Waals surface area contributed by atoms with E-state index in [1.165, 1.54) is 0 Å². The minimum Gasteiger partial charge on any atom is -0.438 e. The monoisotopic (exact) mass is 399 g/mol. The molecule has 1 aromatic carbocycles. The number of hydrogen-bond donors (Lipinski definition) is 1.